The van der Waals surface area contributed by atoms with E-state index in [0.29, 0.717) is 30.7 Å². The minimum atomic E-state index is -0.509. The summed E-state index contributed by atoms with van der Waals surface area (Å²) in [5.41, 5.74) is 0.950. The zero-order valence-electron chi connectivity index (χ0n) is 11.6. The van der Waals surface area contributed by atoms with Crippen LogP contribution in [0.3, 0.4) is 0 Å². The molecule has 4 nitrogen and oxygen atoms in total. The Hall–Kier alpha value is -0.980. The highest BCUT2D eigenvalue weighted by Crippen LogP contribution is 2.16. The van der Waals surface area contributed by atoms with E-state index < -0.39 is 6.10 Å². The molecule has 0 saturated carbocycles. The topological polar surface area (TPSA) is 47.6 Å². The molecule has 1 aromatic carbocycles. The van der Waals surface area contributed by atoms with E-state index in [2.05, 4.69) is 21.2 Å². The van der Waals surface area contributed by atoms with Crippen LogP contribution in [0.25, 0.3) is 0 Å². The summed E-state index contributed by atoms with van der Waals surface area (Å²) in [6.45, 7) is 3.02. The summed E-state index contributed by atoms with van der Waals surface area (Å²) in [6, 6.07) is 4.81. The van der Waals surface area contributed by atoms with Crippen molar-refractivity contribution in [3.05, 3.63) is 34.1 Å². The molecular formula is C14H19BrFNO3. The van der Waals surface area contributed by atoms with Crippen molar-refractivity contribution in [3.63, 3.8) is 0 Å². The van der Waals surface area contributed by atoms with Gasteiger partial charge in [0.25, 0.3) is 0 Å². The van der Waals surface area contributed by atoms with E-state index in [4.69, 9.17) is 9.47 Å². The Balaban J connectivity index is 2.28. The van der Waals surface area contributed by atoms with Crippen molar-refractivity contribution in [2.24, 2.45) is 0 Å². The average Bonchev–Trinajstić information content (AvgIpc) is 2.42. The maximum absolute atomic E-state index is 13.1. The van der Waals surface area contributed by atoms with Crippen molar-refractivity contribution < 1.29 is 18.7 Å². The van der Waals surface area contributed by atoms with Crippen molar-refractivity contribution in [2.75, 3.05) is 26.9 Å². The monoisotopic (exact) mass is 347 g/mol. The highest BCUT2D eigenvalue weighted by atomic mass is 79.9. The van der Waals surface area contributed by atoms with Crippen LogP contribution < -0.4 is 5.32 Å². The smallest absolute Gasteiger partial charge is 0.248 e. The highest BCUT2D eigenvalue weighted by Gasteiger charge is 2.12. The quantitative estimate of drug-likeness (QED) is 0.734. The third kappa shape index (κ3) is 5.98. The molecule has 1 amide bonds. The summed E-state index contributed by atoms with van der Waals surface area (Å²) in [4.78, 5) is 11.7. The molecule has 6 heteroatoms. The van der Waals surface area contributed by atoms with Gasteiger partial charge in [-0.15, -0.1) is 0 Å². The lowest BCUT2D eigenvalue weighted by atomic mass is 10.1. The number of halogens is 2. The molecule has 1 aromatic rings. The molecule has 0 aromatic heterocycles. The number of methoxy groups -OCH3 is 1. The second-order valence-electron chi connectivity index (χ2n) is 4.30. The van der Waals surface area contributed by atoms with Crippen molar-refractivity contribution in [3.8, 4) is 0 Å². The zero-order valence-corrected chi connectivity index (χ0v) is 13.2. The lowest BCUT2D eigenvalue weighted by Crippen LogP contribution is -2.36. The van der Waals surface area contributed by atoms with Crippen LogP contribution in [0.2, 0.25) is 0 Å². The normalized spacial score (nSPS) is 12.2. The first-order valence-corrected chi connectivity index (χ1v) is 7.16. The molecule has 112 valence electrons. The Kier molecular flexibility index (Phi) is 7.72. The first-order chi connectivity index (χ1) is 9.54. The van der Waals surface area contributed by atoms with Crippen LogP contribution in [-0.2, 0) is 20.7 Å². The molecule has 0 saturated heterocycles. The lowest BCUT2D eigenvalue weighted by molar-refractivity contribution is -0.132. The molecule has 1 rings (SSSR count). The number of hydrogen-bond donors (Lipinski definition) is 1. The third-order valence-electron chi connectivity index (χ3n) is 2.72. The van der Waals surface area contributed by atoms with E-state index in [0.717, 1.165) is 5.56 Å². The summed E-state index contributed by atoms with van der Waals surface area (Å²) < 4.78 is 23.6. The Labute approximate surface area is 126 Å². The van der Waals surface area contributed by atoms with Crippen molar-refractivity contribution in [1.82, 2.24) is 5.32 Å². The molecule has 0 bridgehead atoms. The van der Waals surface area contributed by atoms with Crippen molar-refractivity contribution in [1.29, 1.82) is 0 Å². The lowest BCUT2D eigenvalue weighted by Gasteiger charge is -2.13. The number of rotatable bonds is 8. The predicted octanol–water partition coefficient (Wildman–Crippen LogP) is 2.30. The van der Waals surface area contributed by atoms with Gasteiger partial charge in [0.2, 0.25) is 5.91 Å². The predicted molar refractivity (Wildman–Crippen MR) is 78.1 cm³/mol. The summed E-state index contributed by atoms with van der Waals surface area (Å²) in [5, 5.41) is 2.78. The molecule has 0 spiro atoms. The van der Waals surface area contributed by atoms with Crippen LogP contribution in [0.1, 0.15) is 12.5 Å². The summed E-state index contributed by atoms with van der Waals surface area (Å²) in [5.74, 6) is -0.458. The Bertz CT molecular complexity index is 442. The molecule has 20 heavy (non-hydrogen) atoms. The summed E-state index contributed by atoms with van der Waals surface area (Å²) >= 11 is 3.13. The van der Waals surface area contributed by atoms with Gasteiger partial charge >= 0.3 is 0 Å². The molecule has 0 unspecified atom stereocenters. The minimum Gasteiger partial charge on any atom is -0.382 e. The van der Waals surface area contributed by atoms with E-state index in [1.165, 1.54) is 6.07 Å². The standard InChI is InChI=1S/C14H19BrFNO3/c1-10(20-8-7-19-2)14(18)17-6-5-11-3-4-13(16)12(15)9-11/h3-4,9-10H,5-8H2,1-2H3,(H,17,18)/t10-/m0/s1. The number of amides is 1. The Morgan fingerprint density at radius 3 is 2.85 bits per heavy atom. The largest absolute Gasteiger partial charge is 0.382 e. The number of ether oxygens (including phenoxy) is 2. The van der Waals surface area contributed by atoms with Gasteiger partial charge in [-0.1, -0.05) is 6.07 Å². The van der Waals surface area contributed by atoms with Gasteiger partial charge in [0.15, 0.2) is 0 Å². The molecule has 0 radical (unpaired) electrons. The summed E-state index contributed by atoms with van der Waals surface area (Å²) in [6.07, 6.45) is 0.125. The van der Waals surface area contributed by atoms with Crippen molar-refractivity contribution >= 4 is 21.8 Å². The molecule has 1 atom stereocenters. The van der Waals surface area contributed by atoms with Crippen LogP contribution in [0.4, 0.5) is 4.39 Å². The average molecular weight is 348 g/mol. The molecule has 0 heterocycles. The number of carbonyl (C=O) groups is 1. The Morgan fingerprint density at radius 1 is 1.45 bits per heavy atom. The molecule has 0 aliphatic rings. The SMILES string of the molecule is COCCO[C@@H](C)C(=O)NCCc1ccc(F)c(Br)c1. The van der Waals surface area contributed by atoms with Gasteiger partial charge in [-0.25, -0.2) is 4.39 Å². The van der Waals surface area contributed by atoms with Gasteiger partial charge in [0, 0.05) is 13.7 Å². The third-order valence-corrected chi connectivity index (χ3v) is 3.33. The van der Waals surface area contributed by atoms with Gasteiger partial charge in [0.05, 0.1) is 17.7 Å². The van der Waals surface area contributed by atoms with Gasteiger partial charge < -0.3 is 14.8 Å². The fourth-order valence-electron chi connectivity index (χ4n) is 1.55. The molecule has 0 fully saturated rings. The van der Waals surface area contributed by atoms with Gasteiger partial charge in [0.1, 0.15) is 11.9 Å². The molecule has 0 aliphatic carbocycles. The van der Waals surface area contributed by atoms with Gasteiger partial charge in [-0.2, -0.15) is 0 Å². The van der Waals surface area contributed by atoms with Gasteiger partial charge in [-0.05, 0) is 47.0 Å². The van der Waals surface area contributed by atoms with E-state index in [1.54, 1.807) is 26.2 Å². The fraction of sp³-hybridized carbons (Fsp3) is 0.500. The molecule has 0 aliphatic heterocycles. The van der Waals surface area contributed by atoms with E-state index in [-0.39, 0.29) is 11.7 Å². The van der Waals surface area contributed by atoms with E-state index in [9.17, 15) is 9.18 Å². The van der Waals surface area contributed by atoms with E-state index >= 15 is 0 Å². The second kappa shape index (κ2) is 9.05. The van der Waals surface area contributed by atoms with Crippen LogP contribution in [-0.4, -0.2) is 38.9 Å². The number of nitrogens with one attached hydrogen (secondary N) is 1. The van der Waals surface area contributed by atoms with Crippen LogP contribution >= 0.6 is 15.9 Å². The highest BCUT2D eigenvalue weighted by molar-refractivity contribution is 9.10. The van der Waals surface area contributed by atoms with Crippen LogP contribution in [0, 0.1) is 5.82 Å². The maximum Gasteiger partial charge on any atom is 0.248 e. The number of carbonyl (C=O) groups excluding carboxylic acids is 1. The molecule has 1 N–H and O–H groups in total. The van der Waals surface area contributed by atoms with Crippen LogP contribution in [0.5, 0.6) is 0 Å². The summed E-state index contributed by atoms with van der Waals surface area (Å²) in [7, 11) is 1.58. The Morgan fingerprint density at radius 2 is 2.20 bits per heavy atom. The first-order valence-electron chi connectivity index (χ1n) is 6.36. The zero-order chi connectivity index (χ0) is 15.0. The second-order valence-corrected chi connectivity index (χ2v) is 5.15. The minimum absolute atomic E-state index is 0.165. The molecular weight excluding hydrogens is 329 g/mol. The van der Waals surface area contributed by atoms with Gasteiger partial charge in [-0.3, -0.25) is 4.79 Å². The van der Waals surface area contributed by atoms with Crippen molar-refractivity contribution in [2.45, 2.75) is 19.4 Å². The maximum atomic E-state index is 13.1. The first kappa shape index (κ1) is 17.1. The number of hydrogen-bond acceptors (Lipinski definition) is 3. The number of benzene rings is 1. The van der Waals surface area contributed by atoms with Crippen LogP contribution in [0.15, 0.2) is 22.7 Å². The van der Waals surface area contributed by atoms with E-state index in [1.807, 2.05) is 0 Å². The fourth-order valence-corrected chi connectivity index (χ4v) is 1.98.